The third-order valence-corrected chi connectivity index (χ3v) is 4.60. The van der Waals surface area contributed by atoms with Gasteiger partial charge in [-0.3, -0.25) is 4.79 Å². The zero-order valence-electron chi connectivity index (χ0n) is 15.3. The highest BCUT2D eigenvalue weighted by molar-refractivity contribution is 6.30. The highest BCUT2D eigenvalue weighted by Gasteiger charge is 2.21. The first-order valence-corrected chi connectivity index (χ1v) is 9.31. The van der Waals surface area contributed by atoms with Crippen molar-refractivity contribution < 1.29 is 9.59 Å². The van der Waals surface area contributed by atoms with E-state index in [1.165, 1.54) is 0 Å². The third kappa shape index (κ3) is 7.12. The summed E-state index contributed by atoms with van der Waals surface area (Å²) in [4.78, 5) is 23.8. The van der Waals surface area contributed by atoms with Crippen LogP contribution >= 0.6 is 23.2 Å². The minimum atomic E-state index is -0.408. The number of carbonyl (C=O) groups is 2. The number of nitrogens with one attached hydrogen (secondary N) is 3. The van der Waals surface area contributed by atoms with E-state index in [0.29, 0.717) is 23.1 Å². The molecule has 5 nitrogen and oxygen atoms in total. The summed E-state index contributed by atoms with van der Waals surface area (Å²) in [5, 5.41) is 9.37. The van der Waals surface area contributed by atoms with E-state index >= 15 is 0 Å². The quantitative estimate of drug-likeness (QED) is 0.651. The van der Waals surface area contributed by atoms with Crippen LogP contribution in [0.4, 0.5) is 4.79 Å². The molecular formula is C20H23Cl2N3O2. The van der Waals surface area contributed by atoms with Crippen LogP contribution in [0.15, 0.2) is 48.5 Å². The number of halogens is 2. The summed E-state index contributed by atoms with van der Waals surface area (Å²) in [6.45, 7) is 4.72. The number of rotatable bonds is 7. The normalized spacial score (nSPS) is 11.0. The van der Waals surface area contributed by atoms with Gasteiger partial charge in [-0.15, -0.1) is 0 Å². The first-order valence-electron chi connectivity index (χ1n) is 8.55. The maximum absolute atomic E-state index is 12.0. The van der Waals surface area contributed by atoms with E-state index in [9.17, 15) is 9.59 Å². The lowest BCUT2D eigenvalue weighted by Gasteiger charge is -2.26. The number of benzene rings is 2. The van der Waals surface area contributed by atoms with Crippen molar-refractivity contribution in [3.8, 4) is 0 Å². The molecule has 0 fully saturated rings. The molecule has 144 valence electrons. The summed E-state index contributed by atoms with van der Waals surface area (Å²) in [5.74, 6) is -0.258. The molecule has 0 saturated heterocycles. The molecule has 0 aliphatic rings. The van der Waals surface area contributed by atoms with Crippen molar-refractivity contribution in [3.05, 3.63) is 69.7 Å². The van der Waals surface area contributed by atoms with Crippen molar-refractivity contribution in [3.63, 3.8) is 0 Å². The van der Waals surface area contributed by atoms with E-state index in [0.717, 1.165) is 11.1 Å². The second kappa shape index (κ2) is 9.62. The lowest BCUT2D eigenvalue weighted by Crippen LogP contribution is -2.44. The molecule has 27 heavy (non-hydrogen) atoms. The Kier molecular flexibility index (Phi) is 7.51. The van der Waals surface area contributed by atoms with Gasteiger partial charge >= 0.3 is 6.03 Å². The molecular weight excluding hydrogens is 385 g/mol. The van der Waals surface area contributed by atoms with E-state index in [1.54, 1.807) is 12.1 Å². The maximum atomic E-state index is 12.0. The van der Waals surface area contributed by atoms with Gasteiger partial charge in [0.2, 0.25) is 5.91 Å². The van der Waals surface area contributed by atoms with Crippen LogP contribution in [0.1, 0.15) is 25.0 Å². The average Bonchev–Trinajstić information content (AvgIpc) is 2.64. The Hall–Kier alpha value is -2.24. The molecule has 2 rings (SSSR count). The van der Waals surface area contributed by atoms with Crippen LogP contribution in [0, 0.1) is 0 Å². The van der Waals surface area contributed by atoms with E-state index in [2.05, 4.69) is 16.0 Å². The van der Waals surface area contributed by atoms with Crippen molar-refractivity contribution in [2.45, 2.75) is 25.8 Å². The molecule has 0 radical (unpaired) electrons. The van der Waals surface area contributed by atoms with Crippen LogP contribution in [-0.2, 0) is 16.8 Å². The van der Waals surface area contributed by atoms with Gasteiger partial charge in [0.1, 0.15) is 0 Å². The first-order chi connectivity index (χ1) is 12.8. The number of carbonyl (C=O) groups excluding carboxylic acids is 2. The standard InChI is InChI=1S/C20H23Cl2N3O2/c1-20(2,15-4-3-5-17(22)10-15)13-25-18(26)12-24-19(27)23-11-14-6-8-16(21)9-7-14/h3-10H,11-13H2,1-2H3,(H,25,26)(H2,23,24,27). The van der Waals surface area contributed by atoms with Crippen molar-refractivity contribution in [1.82, 2.24) is 16.0 Å². The topological polar surface area (TPSA) is 70.2 Å². The van der Waals surface area contributed by atoms with Crippen molar-refractivity contribution in [1.29, 1.82) is 0 Å². The molecule has 2 aromatic carbocycles. The minimum Gasteiger partial charge on any atom is -0.354 e. The Morgan fingerprint density at radius 2 is 1.63 bits per heavy atom. The SMILES string of the molecule is CC(C)(CNC(=O)CNC(=O)NCc1ccc(Cl)cc1)c1cccc(Cl)c1. The predicted octanol–water partition coefficient (Wildman–Crippen LogP) is 3.89. The van der Waals surface area contributed by atoms with Crippen molar-refractivity contribution in [2.24, 2.45) is 0 Å². The van der Waals surface area contributed by atoms with Gasteiger partial charge in [-0.25, -0.2) is 4.79 Å². The van der Waals surface area contributed by atoms with E-state index in [-0.39, 0.29) is 17.9 Å². The molecule has 0 saturated carbocycles. The average molecular weight is 408 g/mol. The fourth-order valence-electron chi connectivity index (χ4n) is 2.40. The molecule has 0 aliphatic heterocycles. The third-order valence-electron chi connectivity index (χ3n) is 4.11. The molecule has 0 heterocycles. The Morgan fingerprint density at radius 1 is 0.926 bits per heavy atom. The van der Waals surface area contributed by atoms with E-state index in [1.807, 2.05) is 50.2 Å². The summed E-state index contributed by atoms with van der Waals surface area (Å²) in [6.07, 6.45) is 0. The second-order valence-electron chi connectivity index (χ2n) is 6.83. The van der Waals surface area contributed by atoms with Crippen LogP contribution in [0.5, 0.6) is 0 Å². The Bertz CT molecular complexity index is 792. The minimum absolute atomic E-state index is 0.0991. The molecule has 0 unspecified atom stereocenters. The maximum Gasteiger partial charge on any atom is 0.315 e. The predicted molar refractivity (Wildman–Crippen MR) is 109 cm³/mol. The fourth-order valence-corrected chi connectivity index (χ4v) is 2.72. The molecule has 7 heteroatoms. The molecule has 3 amide bonds. The summed E-state index contributed by atoms with van der Waals surface area (Å²) < 4.78 is 0. The Labute approximate surface area is 169 Å². The molecule has 0 spiro atoms. The number of amides is 3. The van der Waals surface area contributed by atoms with Gasteiger partial charge in [0.25, 0.3) is 0 Å². The monoisotopic (exact) mass is 407 g/mol. The smallest absolute Gasteiger partial charge is 0.315 e. The highest BCUT2D eigenvalue weighted by Crippen LogP contribution is 2.24. The van der Waals surface area contributed by atoms with Crippen LogP contribution in [0.2, 0.25) is 10.0 Å². The van der Waals surface area contributed by atoms with Crippen LogP contribution in [0.25, 0.3) is 0 Å². The van der Waals surface area contributed by atoms with Gasteiger partial charge < -0.3 is 16.0 Å². The van der Waals surface area contributed by atoms with Crippen molar-refractivity contribution in [2.75, 3.05) is 13.1 Å². The molecule has 2 aromatic rings. The Balaban J connectivity index is 1.72. The molecule has 0 bridgehead atoms. The van der Waals surface area contributed by atoms with Crippen LogP contribution in [-0.4, -0.2) is 25.0 Å². The van der Waals surface area contributed by atoms with Gasteiger partial charge in [0.15, 0.2) is 0 Å². The van der Waals surface area contributed by atoms with Gasteiger partial charge in [-0.2, -0.15) is 0 Å². The molecule has 3 N–H and O–H groups in total. The lowest BCUT2D eigenvalue weighted by atomic mass is 9.84. The Morgan fingerprint density at radius 3 is 2.30 bits per heavy atom. The first kappa shape index (κ1) is 21.1. The molecule has 0 aliphatic carbocycles. The lowest BCUT2D eigenvalue weighted by molar-refractivity contribution is -0.120. The van der Waals surface area contributed by atoms with Crippen LogP contribution in [0.3, 0.4) is 0 Å². The van der Waals surface area contributed by atoms with Crippen molar-refractivity contribution >= 4 is 35.1 Å². The highest BCUT2D eigenvalue weighted by atomic mass is 35.5. The number of hydrogen-bond acceptors (Lipinski definition) is 2. The van der Waals surface area contributed by atoms with Gasteiger partial charge in [0.05, 0.1) is 6.54 Å². The fraction of sp³-hybridized carbons (Fsp3) is 0.300. The number of hydrogen-bond donors (Lipinski definition) is 3. The van der Waals surface area contributed by atoms with E-state index < -0.39 is 6.03 Å². The zero-order valence-corrected chi connectivity index (χ0v) is 16.8. The summed E-state index contributed by atoms with van der Waals surface area (Å²) in [5.41, 5.74) is 1.67. The largest absolute Gasteiger partial charge is 0.354 e. The van der Waals surface area contributed by atoms with Gasteiger partial charge in [0, 0.05) is 28.5 Å². The summed E-state index contributed by atoms with van der Waals surface area (Å²) in [6, 6.07) is 14.3. The number of urea groups is 1. The van der Waals surface area contributed by atoms with Gasteiger partial charge in [-0.1, -0.05) is 61.3 Å². The van der Waals surface area contributed by atoms with E-state index in [4.69, 9.17) is 23.2 Å². The zero-order chi connectivity index (χ0) is 19.9. The summed E-state index contributed by atoms with van der Waals surface area (Å²) >= 11 is 11.8. The van der Waals surface area contributed by atoms with Crippen LogP contribution < -0.4 is 16.0 Å². The molecule has 0 atom stereocenters. The molecule has 0 aromatic heterocycles. The summed E-state index contributed by atoms with van der Waals surface area (Å²) in [7, 11) is 0. The van der Waals surface area contributed by atoms with Gasteiger partial charge in [-0.05, 0) is 35.4 Å². The second-order valence-corrected chi connectivity index (χ2v) is 7.71.